The predicted molar refractivity (Wildman–Crippen MR) is 81.9 cm³/mol. The second kappa shape index (κ2) is 6.87. The average Bonchev–Trinajstić information content (AvgIpc) is 2.50. The highest BCUT2D eigenvalue weighted by atomic mass is 19.2. The number of halogens is 2. The van der Waals surface area contributed by atoms with Crippen LogP contribution in [0.4, 0.5) is 19.3 Å². The van der Waals surface area contributed by atoms with Gasteiger partial charge in [0.2, 0.25) is 0 Å². The fourth-order valence-corrected chi connectivity index (χ4v) is 1.99. The molecule has 0 bridgehead atoms. The normalized spacial score (nSPS) is 11.6. The largest absolute Gasteiger partial charge is 0.351 e. The number of nitrogens with two attached hydrogens (primary N) is 1. The third-order valence-corrected chi connectivity index (χ3v) is 3.21. The summed E-state index contributed by atoms with van der Waals surface area (Å²) in [7, 11) is 0. The van der Waals surface area contributed by atoms with Crippen LogP contribution in [0.3, 0.4) is 0 Å². The summed E-state index contributed by atoms with van der Waals surface area (Å²) in [6.45, 7) is 1.66. The van der Waals surface area contributed by atoms with E-state index in [-0.39, 0.29) is 5.91 Å². The molecular formula is C16H15F2N3O2. The summed E-state index contributed by atoms with van der Waals surface area (Å²) < 4.78 is 26.1. The number of rotatable bonds is 4. The van der Waals surface area contributed by atoms with Crippen molar-refractivity contribution in [2.24, 2.45) is 5.73 Å². The van der Waals surface area contributed by atoms with E-state index in [4.69, 9.17) is 5.73 Å². The molecule has 0 spiro atoms. The highest BCUT2D eigenvalue weighted by Gasteiger charge is 2.13. The van der Waals surface area contributed by atoms with Gasteiger partial charge in [0.1, 0.15) is 0 Å². The molecule has 0 aliphatic carbocycles. The van der Waals surface area contributed by atoms with E-state index in [1.165, 1.54) is 30.3 Å². The molecular weight excluding hydrogens is 304 g/mol. The molecule has 0 heterocycles. The van der Waals surface area contributed by atoms with Crippen molar-refractivity contribution in [3.05, 3.63) is 65.2 Å². The van der Waals surface area contributed by atoms with Gasteiger partial charge in [-0.3, -0.25) is 4.79 Å². The molecule has 2 aromatic rings. The van der Waals surface area contributed by atoms with Gasteiger partial charge in [0, 0.05) is 11.3 Å². The van der Waals surface area contributed by atoms with Crippen molar-refractivity contribution in [2.45, 2.75) is 13.0 Å². The van der Waals surface area contributed by atoms with Crippen molar-refractivity contribution in [1.82, 2.24) is 5.32 Å². The van der Waals surface area contributed by atoms with Crippen LogP contribution in [0.2, 0.25) is 0 Å². The van der Waals surface area contributed by atoms with Gasteiger partial charge >= 0.3 is 6.03 Å². The number of amides is 3. The molecule has 0 fully saturated rings. The average molecular weight is 319 g/mol. The Morgan fingerprint density at radius 2 is 1.70 bits per heavy atom. The Morgan fingerprint density at radius 3 is 2.26 bits per heavy atom. The van der Waals surface area contributed by atoms with Crippen LogP contribution >= 0.6 is 0 Å². The van der Waals surface area contributed by atoms with Crippen molar-refractivity contribution in [3.8, 4) is 0 Å². The summed E-state index contributed by atoms with van der Waals surface area (Å²) in [6, 6.07) is 8.34. The molecule has 3 amide bonds. The number of benzene rings is 2. The Morgan fingerprint density at radius 1 is 1.04 bits per heavy atom. The topological polar surface area (TPSA) is 84.2 Å². The number of hydrogen-bond acceptors (Lipinski definition) is 2. The van der Waals surface area contributed by atoms with Gasteiger partial charge in [0.05, 0.1) is 6.04 Å². The fourth-order valence-electron chi connectivity index (χ4n) is 1.99. The van der Waals surface area contributed by atoms with E-state index < -0.39 is 23.7 Å². The first kappa shape index (κ1) is 16.4. The molecule has 0 aliphatic rings. The van der Waals surface area contributed by atoms with Crippen LogP contribution in [0, 0.1) is 11.6 Å². The summed E-state index contributed by atoms with van der Waals surface area (Å²) in [5.74, 6) is -2.29. The van der Waals surface area contributed by atoms with Gasteiger partial charge in [-0.1, -0.05) is 6.07 Å². The Kier molecular flexibility index (Phi) is 4.90. The molecule has 0 unspecified atom stereocenters. The van der Waals surface area contributed by atoms with E-state index in [0.29, 0.717) is 16.8 Å². The lowest BCUT2D eigenvalue weighted by molar-refractivity contribution is 0.0940. The minimum atomic E-state index is -0.967. The Hall–Kier alpha value is -2.96. The summed E-state index contributed by atoms with van der Waals surface area (Å²) >= 11 is 0. The molecule has 23 heavy (non-hydrogen) atoms. The molecule has 0 saturated carbocycles. The van der Waals surface area contributed by atoms with E-state index in [1.807, 2.05) is 0 Å². The van der Waals surface area contributed by atoms with Crippen LogP contribution in [0.25, 0.3) is 0 Å². The lowest BCUT2D eigenvalue weighted by Gasteiger charge is -2.15. The highest BCUT2D eigenvalue weighted by molar-refractivity contribution is 5.95. The van der Waals surface area contributed by atoms with Crippen LogP contribution in [0.5, 0.6) is 0 Å². The van der Waals surface area contributed by atoms with Crippen LogP contribution in [-0.4, -0.2) is 11.9 Å². The van der Waals surface area contributed by atoms with Crippen molar-refractivity contribution in [1.29, 1.82) is 0 Å². The zero-order valence-corrected chi connectivity index (χ0v) is 12.3. The quantitative estimate of drug-likeness (QED) is 0.809. The molecule has 4 N–H and O–H groups in total. The van der Waals surface area contributed by atoms with Crippen molar-refractivity contribution < 1.29 is 18.4 Å². The van der Waals surface area contributed by atoms with Crippen molar-refractivity contribution in [3.63, 3.8) is 0 Å². The molecule has 2 aromatic carbocycles. The zero-order chi connectivity index (χ0) is 17.0. The molecule has 1 atom stereocenters. The molecule has 2 rings (SSSR count). The van der Waals surface area contributed by atoms with Gasteiger partial charge in [-0.05, 0) is 48.9 Å². The van der Waals surface area contributed by atoms with Gasteiger partial charge in [-0.2, -0.15) is 0 Å². The lowest BCUT2D eigenvalue weighted by Crippen LogP contribution is -2.26. The van der Waals surface area contributed by atoms with Gasteiger partial charge in [0.15, 0.2) is 11.6 Å². The Bertz CT molecular complexity index is 733. The van der Waals surface area contributed by atoms with E-state index in [1.54, 1.807) is 6.92 Å². The maximum absolute atomic E-state index is 13.2. The fraction of sp³-hybridized carbons (Fsp3) is 0.125. The van der Waals surface area contributed by atoms with Gasteiger partial charge in [0.25, 0.3) is 5.91 Å². The molecule has 5 nitrogen and oxygen atoms in total. The minimum Gasteiger partial charge on any atom is -0.351 e. The second-order valence-corrected chi connectivity index (χ2v) is 4.94. The maximum Gasteiger partial charge on any atom is 0.316 e. The standard InChI is InChI=1S/C16H15F2N3O2/c1-9(11-4-7-13(17)14(18)8-11)20-15(22)10-2-5-12(6-3-10)21-16(19)23/h2-9H,1H3,(H,20,22)(H3,19,21,23)/t9-/m1/s1. The summed E-state index contributed by atoms with van der Waals surface area (Å²) in [4.78, 5) is 22.8. The number of carbonyl (C=O) groups is 2. The monoisotopic (exact) mass is 319 g/mol. The van der Waals surface area contributed by atoms with E-state index in [2.05, 4.69) is 10.6 Å². The molecule has 7 heteroatoms. The van der Waals surface area contributed by atoms with E-state index in [0.717, 1.165) is 12.1 Å². The number of primary amides is 1. The lowest BCUT2D eigenvalue weighted by atomic mass is 10.1. The van der Waals surface area contributed by atoms with Gasteiger partial charge < -0.3 is 16.4 Å². The second-order valence-electron chi connectivity index (χ2n) is 4.94. The molecule has 0 aliphatic heterocycles. The number of hydrogen-bond donors (Lipinski definition) is 3. The zero-order valence-electron chi connectivity index (χ0n) is 12.3. The van der Waals surface area contributed by atoms with Crippen LogP contribution in [-0.2, 0) is 0 Å². The van der Waals surface area contributed by atoms with Gasteiger partial charge in [-0.25, -0.2) is 13.6 Å². The minimum absolute atomic E-state index is 0.356. The van der Waals surface area contributed by atoms with Gasteiger partial charge in [-0.15, -0.1) is 0 Å². The summed E-state index contributed by atoms with van der Waals surface area (Å²) in [5, 5.41) is 5.06. The number of urea groups is 1. The number of carbonyl (C=O) groups excluding carboxylic acids is 2. The first-order valence-electron chi connectivity index (χ1n) is 6.79. The third-order valence-electron chi connectivity index (χ3n) is 3.21. The number of anilines is 1. The first-order chi connectivity index (χ1) is 10.9. The van der Waals surface area contributed by atoms with Crippen LogP contribution < -0.4 is 16.4 Å². The van der Waals surface area contributed by atoms with Crippen LogP contribution in [0.15, 0.2) is 42.5 Å². The molecule has 0 saturated heterocycles. The van der Waals surface area contributed by atoms with Crippen molar-refractivity contribution in [2.75, 3.05) is 5.32 Å². The van der Waals surface area contributed by atoms with Crippen LogP contribution in [0.1, 0.15) is 28.9 Å². The Balaban J connectivity index is 2.05. The van der Waals surface area contributed by atoms with Crippen molar-refractivity contribution >= 4 is 17.6 Å². The first-order valence-corrected chi connectivity index (χ1v) is 6.79. The van der Waals surface area contributed by atoms with E-state index in [9.17, 15) is 18.4 Å². The SMILES string of the molecule is C[C@@H](NC(=O)c1ccc(NC(N)=O)cc1)c1ccc(F)c(F)c1. The summed E-state index contributed by atoms with van der Waals surface area (Å²) in [5.41, 5.74) is 6.25. The highest BCUT2D eigenvalue weighted by Crippen LogP contribution is 2.17. The molecule has 0 radical (unpaired) electrons. The smallest absolute Gasteiger partial charge is 0.316 e. The predicted octanol–water partition coefficient (Wildman–Crippen LogP) is 2.95. The maximum atomic E-state index is 13.2. The molecule has 120 valence electrons. The Labute approximate surface area is 131 Å². The number of nitrogens with one attached hydrogen (secondary N) is 2. The molecule has 0 aromatic heterocycles. The van der Waals surface area contributed by atoms with E-state index >= 15 is 0 Å². The summed E-state index contributed by atoms with van der Waals surface area (Å²) in [6.07, 6.45) is 0. The third kappa shape index (κ3) is 4.26.